The summed E-state index contributed by atoms with van der Waals surface area (Å²) in [6, 6.07) is 11.8. The number of furan rings is 1. The number of hydrogen-bond acceptors (Lipinski definition) is 7. The fraction of sp³-hybridized carbons (Fsp3) is 0.300. The summed E-state index contributed by atoms with van der Waals surface area (Å²) in [6.45, 7) is 3.03. The normalized spacial score (nSPS) is 20.6. The third-order valence-corrected chi connectivity index (χ3v) is 6.28. The van der Waals surface area contributed by atoms with Crippen LogP contribution in [0.2, 0.25) is 0 Å². The maximum absolute atomic E-state index is 12.6. The summed E-state index contributed by atoms with van der Waals surface area (Å²) in [7, 11) is 1.74. The summed E-state index contributed by atoms with van der Waals surface area (Å²) < 4.78 is 11.3. The first-order valence-corrected chi connectivity index (χ1v) is 11.0. The lowest BCUT2D eigenvalue weighted by molar-refractivity contribution is -0.121. The van der Waals surface area contributed by atoms with Crippen LogP contribution >= 0.6 is 23.5 Å². The lowest BCUT2D eigenvalue weighted by Gasteiger charge is -2.26. The predicted octanol–water partition coefficient (Wildman–Crippen LogP) is 4.07. The van der Waals surface area contributed by atoms with Crippen molar-refractivity contribution in [2.75, 3.05) is 44.5 Å². The van der Waals surface area contributed by atoms with Crippen molar-refractivity contribution in [2.45, 2.75) is 4.90 Å². The molecule has 4 rings (SSSR count). The molecule has 8 heteroatoms. The molecule has 6 nitrogen and oxygen atoms in total. The fourth-order valence-corrected chi connectivity index (χ4v) is 4.36. The molecule has 0 aliphatic carbocycles. The highest BCUT2D eigenvalue weighted by Gasteiger charge is 2.30. The van der Waals surface area contributed by atoms with Crippen LogP contribution in [0, 0.1) is 0 Å². The summed E-state index contributed by atoms with van der Waals surface area (Å²) in [4.78, 5) is 22.7. The van der Waals surface area contributed by atoms with Gasteiger partial charge >= 0.3 is 0 Å². The molecule has 0 atom stereocenters. The average molecular weight is 416 g/mol. The van der Waals surface area contributed by atoms with Crippen LogP contribution in [-0.4, -0.2) is 55.6 Å². The molecule has 1 amide bonds. The Morgan fingerprint density at radius 3 is 2.82 bits per heavy atom. The first kappa shape index (κ1) is 19.2. The van der Waals surface area contributed by atoms with Crippen molar-refractivity contribution in [3.8, 4) is 0 Å². The van der Waals surface area contributed by atoms with Gasteiger partial charge in [0.1, 0.15) is 5.76 Å². The molecule has 0 spiro atoms. The largest absolute Gasteiger partial charge is 0.441 e. The zero-order valence-corrected chi connectivity index (χ0v) is 17.4. The Bertz CT molecular complexity index is 932. The van der Waals surface area contributed by atoms with Crippen LogP contribution in [0.15, 0.2) is 55.6 Å². The second kappa shape index (κ2) is 8.46. The molecule has 3 heterocycles. The second-order valence-corrected chi connectivity index (χ2v) is 8.23. The van der Waals surface area contributed by atoms with E-state index in [1.54, 1.807) is 29.8 Å². The van der Waals surface area contributed by atoms with Gasteiger partial charge in [-0.05, 0) is 42.3 Å². The molecule has 2 saturated heterocycles. The standard InChI is InChI=1S/C20H21N3O3S2/c1-22-19(24)17(28-20(22)21-14-4-3-5-16(12-14)27-2)13-15-6-7-18(26-15)23-8-10-25-11-9-23/h3-7,12-13H,8-11H2,1-2H3/b17-13+,21-20?. The highest BCUT2D eigenvalue weighted by Crippen LogP contribution is 2.34. The molecule has 1 aromatic carbocycles. The van der Waals surface area contributed by atoms with Crippen molar-refractivity contribution < 1.29 is 13.9 Å². The summed E-state index contributed by atoms with van der Waals surface area (Å²) >= 11 is 3.03. The SMILES string of the molecule is CSc1cccc(N=C2S/C(=C/c3ccc(N4CCOCC4)o3)C(=O)N2C)c1. The molecule has 2 aliphatic heterocycles. The van der Waals surface area contributed by atoms with Crippen molar-refractivity contribution in [3.63, 3.8) is 0 Å². The topological polar surface area (TPSA) is 58.3 Å². The Morgan fingerprint density at radius 2 is 2.04 bits per heavy atom. The average Bonchev–Trinajstić information content (AvgIpc) is 3.30. The highest BCUT2D eigenvalue weighted by molar-refractivity contribution is 8.18. The van der Waals surface area contributed by atoms with Crippen LogP contribution in [0.25, 0.3) is 6.08 Å². The number of ether oxygens (including phenoxy) is 1. The fourth-order valence-electron chi connectivity index (χ4n) is 2.94. The molecule has 0 N–H and O–H groups in total. The number of thioether (sulfide) groups is 2. The molecule has 0 saturated carbocycles. The van der Waals surface area contributed by atoms with Crippen molar-refractivity contribution in [1.29, 1.82) is 0 Å². The van der Waals surface area contributed by atoms with Crippen LogP contribution in [0.3, 0.4) is 0 Å². The smallest absolute Gasteiger partial charge is 0.266 e. The number of carbonyl (C=O) groups is 1. The van der Waals surface area contributed by atoms with E-state index in [1.165, 1.54) is 11.8 Å². The van der Waals surface area contributed by atoms with Gasteiger partial charge in [-0.15, -0.1) is 11.8 Å². The molecule has 28 heavy (non-hydrogen) atoms. The van der Waals surface area contributed by atoms with Gasteiger partial charge in [0.25, 0.3) is 5.91 Å². The number of carbonyl (C=O) groups excluding carboxylic acids is 1. The number of anilines is 1. The van der Waals surface area contributed by atoms with Crippen molar-refractivity contribution in [2.24, 2.45) is 4.99 Å². The van der Waals surface area contributed by atoms with E-state index >= 15 is 0 Å². The summed E-state index contributed by atoms with van der Waals surface area (Å²) in [5.41, 5.74) is 0.836. The van der Waals surface area contributed by atoms with Crippen molar-refractivity contribution in [1.82, 2.24) is 4.90 Å². The number of morpholine rings is 1. The Morgan fingerprint density at radius 1 is 1.21 bits per heavy atom. The maximum atomic E-state index is 12.6. The van der Waals surface area contributed by atoms with Gasteiger partial charge in [-0.3, -0.25) is 9.69 Å². The number of rotatable bonds is 4. The van der Waals surface area contributed by atoms with Crippen LogP contribution < -0.4 is 4.90 Å². The number of benzene rings is 1. The first-order chi connectivity index (χ1) is 13.6. The molecule has 2 aromatic rings. The van der Waals surface area contributed by atoms with E-state index in [2.05, 4.69) is 9.89 Å². The molecule has 0 unspecified atom stereocenters. The lowest BCUT2D eigenvalue weighted by Crippen LogP contribution is -2.35. The van der Waals surface area contributed by atoms with Gasteiger partial charge in [-0.25, -0.2) is 4.99 Å². The van der Waals surface area contributed by atoms with Crippen LogP contribution in [0.1, 0.15) is 5.76 Å². The number of amidine groups is 1. The molecular formula is C20H21N3O3S2. The van der Waals surface area contributed by atoms with Gasteiger partial charge in [-0.1, -0.05) is 6.07 Å². The molecule has 146 valence electrons. The molecule has 2 aliphatic rings. The Labute approximate surface area is 172 Å². The van der Waals surface area contributed by atoms with E-state index in [0.29, 0.717) is 29.0 Å². The van der Waals surface area contributed by atoms with Crippen molar-refractivity contribution in [3.05, 3.63) is 47.1 Å². The van der Waals surface area contributed by atoms with Crippen LogP contribution in [0.4, 0.5) is 11.6 Å². The Balaban J connectivity index is 1.53. The zero-order chi connectivity index (χ0) is 19.5. The summed E-state index contributed by atoms with van der Waals surface area (Å²) in [5, 5.41) is 0.662. The molecule has 2 fully saturated rings. The summed E-state index contributed by atoms with van der Waals surface area (Å²) in [6.07, 6.45) is 3.82. The van der Waals surface area contributed by atoms with E-state index in [0.717, 1.165) is 29.6 Å². The number of aliphatic imine (C=N–C) groups is 1. The molecular weight excluding hydrogens is 394 g/mol. The quantitative estimate of drug-likeness (QED) is 0.554. The highest BCUT2D eigenvalue weighted by atomic mass is 32.2. The van der Waals surface area contributed by atoms with Gasteiger partial charge in [0.2, 0.25) is 0 Å². The molecule has 1 aromatic heterocycles. The minimum Gasteiger partial charge on any atom is -0.441 e. The van der Waals surface area contributed by atoms with E-state index in [-0.39, 0.29) is 5.91 Å². The van der Waals surface area contributed by atoms with Gasteiger partial charge in [-0.2, -0.15) is 0 Å². The predicted molar refractivity (Wildman–Crippen MR) is 115 cm³/mol. The Kier molecular flexibility index (Phi) is 5.79. The van der Waals surface area contributed by atoms with Gasteiger partial charge < -0.3 is 14.1 Å². The van der Waals surface area contributed by atoms with Crippen LogP contribution in [0.5, 0.6) is 0 Å². The van der Waals surface area contributed by atoms with Gasteiger partial charge in [0.15, 0.2) is 11.1 Å². The zero-order valence-electron chi connectivity index (χ0n) is 15.8. The van der Waals surface area contributed by atoms with E-state index in [4.69, 9.17) is 9.15 Å². The molecule has 0 bridgehead atoms. The third-order valence-electron chi connectivity index (χ3n) is 4.49. The monoisotopic (exact) mass is 415 g/mol. The van der Waals surface area contributed by atoms with Crippen molar-refractivity contribution >= 4 is 52.2 Å². The van der Waals surface area contributed by atoms with Gasteiger partial charge in [0, 0.05) is 37.2 Å². The maximum Gasteiger partial charge on any atom is 0.266 e. The number of amides is 1. The van der Waals surface area contributed by atoms with E-state index < -0.39 is 0 Å². The Hall–Kier alpha value is -2.16. The van der Waals surface area contributed by atoms with Crippen LogP contribution in [-0.2, 0) is 9.53 Å². The third kappa shape index (κ3) is 4.14. The van der Waals surface area contributed by atoms with E-state index in [1.807, 2.05) is 42.7 Å². The lowest BCUT2D eigenvalue weighted by atomic mass is 10.3. The van der Waals surface area contributed by atoms with Gasteiger partial charge in [0.05, 0.1) is 23.8 Å². The number of likely N-dealkylation sites (N-methyl/N-ethyl adjacent to an activating group) is 1. The van der Waals surface area contributed by atoms with E-state index in [9.17, 15) is 4.79 Å². The minimum absolute atomic E-state index is 0.0749. The second-order valence-electron chi connectivity index (χ2n) is 6.35. The first-order valence-electron chi connectivity index (χ1n) is 8.97. The number of hydrogen-bond donors (Lipinski definition) is 0. The minimum atomic E-state index is -0.0749. The number of nitrogens with zero attached hydrogens (tertiary/aromatic N) is 3. The summed E-state index contributed by atoms with van der Waals surface area (Å²) in [5.74, 6) is 1.40. The molecule has 0 radical (unpaired) electrons.